The van der Waals surface area contributed by atoms with Gasteiger partial charge in [-0.15, -0.1) is 0 Å². The summed E-state index contributed by atoms with van der Waals surface area (Å²) in [5.74, 6) is 0. The number of benzene rings is 1. The van der Waals surface area contributed by atoms with E-state index in [1.807, 2.05) is 20.1 Å². The molecule has 3 N–H and O–H groups in total. The summed E-state index contributed by atoms with van der Waals surface area (Å²) in [6, 6.07) is 4.94. The Bertz CT molecular complexity index is 486. The number of hydrogen-bond donors (Lipinski definition) is 2. The van der Waals surface area contributed by atoms with Crippen LogP contribution in [-0.4, -0.2) is 26.5 Å². The van der Waals surface area contributed by atoms with Crippen molar-refractivity contribution >= 4 is 27.5 Å². The molecule has 0 aromatic heterocycles. The van der Waals surface area contributed by atoms with Gasteiger partial charge in [-0.25, -0.2) is 13.1 Å². The van der Waals surface area contributed by atoms with Crippen molar-refractivity contribution in [2.45, 2.75) is 24.0 Å². The molecule has 1 rings (SSSR count). The summed E-state index contributed by atoms with van der Waals surface area (Å²) in [4.78, 5) is 0.149. The van der Waals surface area contributed by atoms with Crippen molar-refractivity contribution in [2.75, 3.05) is 18.5 Å². The van der Waals surface area contributed by atoms with E-state index in [1.54, 1.807) is 23.9 Å². The van der Waals surface area contributed by atoms with E-state index in [9.17, 15) is 8.42 Å². The van der Waals surface area contributed by atoms with E-state index in [0.717, 1.165) is 5.56 Å². The molecular weight excluding hydrogens is 256 g/mol. The zero-order chi connectivity index (χ0) is 13.1. The van der Waals surface area contributed by atoms with E-state index in [1.165, 1.54) is 6.07 Å². The van der Waals surface area contributed by atoms with Crippen molar-refractivity contribution in [3.63, 3.8) is 0 Å². The molecule has 96 valence electrons. The molecule has 1 aromatic rings. The Kier molecular flexibility index (Phi) is 4.85. The Hall–Kier alpha value is -0.720. The minimum atomic E-state index is -3.50. The summed E-state index contributed by atoms with van der Waals surface area (Å²) in [5.41, 5.74) is 6.95. The molecule has 4 nitrogen and oxygen atoms in total. The molecule has 1 unspecified atom stereocenters. The molecule has 0 radical (unpaired) electrons. The number of sulfonamides is 1. The van der Waals surface area contributed by atoms with Crippen LogP contribution in [0.2, 0.25) is 0 Å². The number of aryl methyl sites for hydroxylation is 1. The summed E-state index contributed by atoms with van der Waals surface area (Å²) in [6.45, 7) is 4.23. The molecule has 17 heavy (non-hydrogen) atoms. The molecule has 0 aliphatic heterocycles. The van der Waals surface area contributed by atoms with Crippen LogP contribution in [0.1, 0.15) is 12.5 Å². The summed E-state index contributed by atoms with van der Waals surface area (Å²) >= 11 is 1.61. The van der Waals surface area contributed by atoms with Crippen LogP contribution in [-0.2, 0) is 10.0 Å². The van der Waals surface area contributed by atoms with Crippen molar-refractivity contribution in [3.8, 4) is 0 Å². The highest BCUT2D eigenvalue weighted by atomic mass is 32.2. The number of anilines is 1. The summed E-state index contributed by atoms with van der Waals surface area (Å²) < 4.78 is 26.5. The van der Waals surface area contributed by atoms with E-state index in [2.05, 4.69) is 4.72 Å². The van der Waals surface area contributed by atoms with Gasteiger partial charge in [-0.1, -0.05) is 13.0 Å². The van der Waals surface area contributed by atoms with Gasteiger partial charge in [0.15, 0.2) is 0 Å². The van der Waals surface area contributed by atoms with Crippen molar-refractivity contribution in [1.29, 1.82) is 0 Å². The normalized spacial score (nSPS) is 13.6. The minimum Gasteiger partial charge on any atom is -0.398 e. The summed E-state index contributed by atoms with van der Waals surface area (Å²) in [6.07, 6.45) is 1.94. The lowest BCUT2D eigenvalue weighted by molar-refractivity contribution is 0.582. The molecule has 0 fully saturated rings. The molecule has 0 saturated heterocycles. The smallest absolute Gasteiger partial charge is 0.242 e. The van der Waals surface area contributed by atoms with Gasteiger partial charge < -0.3 is 5.73 Å². The largest absolute Gasteiger partial charge is 0.398 e. The lowest BCUT2D eigenvalue weighted by Crippen LogP contribution is -2.30. The maximum atomic E-state index is 12.0. The molecular formula is C11H18N2O2S2. The predicted octanol–water partition coefficient (Wildman–Crippen LogP) is 1.61. The van der Waals surface area contributed by atoms with Crippen LogP contribution in [0.4, 0.5) is 5.69 Å². The van der Waals surface area contributed by atoms with Crippen LogP contribution in [0.25, 0.3) is 0 Å². The molecule has 0 bridgehead atoms. The maximum absolute atomic E-state index is 12.0. The summed E-state index contributed by atoms with van der Waals surface area (Å²) in [7, 11) is -3.50. The third-order valence-electron chi connectivity index (χ3n) is 2.42. The average molecular weight is 274 g/mol. The molecule has 0 amide bonds. The second-order valence-electron chi connectivity index (χ2n) is 3.94. The van der Waals surface area contributed by atoms with Crippen LogP contribution in [0.5, 0.6) is 0 Å². The molecule has 0 heterocycles. The van der Waals surface area contributed by atoms with Gasteiger partial charge in [0.2, 0.25) is 10.0 Å². The predicted molar refractivity (Wildman–Crippen MR) is 73.8 cm³/mol. The number of thioether (sulfide) groups is 1. The number of nitrogens with one attached hydrogen (secondary N) is 1. The van der Waals surface area contributed by atoms with Crippen LogP contribution >= 0.6 is 11.8 Å². The Morgan fingerprint density at radius 2 is 2.12 bits per heavy atom. The standard InChI is InChI=1S/C11H18N2O2S2/c1-8-4-5-11(10(12)6-8)17(14,15)13-7-9(2)16-3/h4-6,9,13H,7,12H2,1-3H3. The van der Waals surface area contributed by atoms with E-state index in [4.69, 9.17) is 5.73 Å². The Morgan fingerprint density at radius 3 is 2.65 bits per heavy atom. The zero-order valence-corrected chi connectivity index (χ0v) is 11.9. The molecule has 0 aliphatic carbocycles. The second-order valence-corrected chi connectivity index (χ2v) is 6.95. The van der Waals surface area contributed by atoms with Crippen molar-refractivity contribution < 1.29 is 8.42 Å². The molecule has 1 aromatic carbocycles. The van der Waals surface area contributed by atoms with Gasteiger partial charge in [-0.2, -0.15) is 11.8 Å². The average Bonchev–Trinajstić information content (AvgIpc) is 2.25. The molecule has 0 aliphatic rings. The fourth-order valence-corrected chi connectivity index (χ4v) is 2.90. The first kappa shape index (κ1) is 14.3. The molecule has 0 spiro atoms. The van der Waals surface area contributed by atoms with Crippen LogP contribution < -0.4 is 10.5 Å². The highest BCUT2D eigenvalue weighted by Crippen LogP contribution is 2.19. The maximum Gasteiger partial charge on any atom is 0.242 e. The minimum absolute atomic E-state index is 0.149. The number of nitrogen functional groups attached to an aromatic ring is 1. The van der Waals surface area contributed by atoms with Crippen LogP contribution in [0.15, 0.2) is 23.1 Å². The molecule has 1 atom stereocenters. The van der Waals surface area contributed by atoms with E-state index >= 15 is 0 Å². The Morgan fingerprint density at radius 1 is 1.47 bits per heavy atom. The number of nitrogens with two attached hydrogens (primary N) is 1. The van der Waals surface area contributed by atoms with Gasteiger partial charge in [0, 0.05) is 11.8 Å². The topological polar surface area (TPSA) is 72.2 Å². The first-order chi connectivity index (χ1) is 7.86. The Labute approximate surface area is 107 Å². The molecule has 6 heteroatoms. The first-order valence-electron chi connectivity index (χ1n) is 5.25. The fourth-order valence-electron chi connectivity index (χ4n) is 1.30. The van der Waals surface area contributed by atoms with Crippen molar-refractivity contribution in [2.24, 2.45) is 0 Å². The zero-order valence-electron chi connectivity index (χ0n) is 10.2. The van der Waals surface area contributed by atoms with E-state index in [0.29, 0.717) is 6.54 Å². The van der Waals surface area contributed by atoms with Gasteiger partial charge in [-0.05, 0) is 30.9 Å². The second kappa shape index (κ2) is 5.75. The monoisotopic (exact) mass is 274 g/mol. The van der Waals surface area contributed by atoms with Crippen LogP contribution in [0.3, 0.4) is 0 Å². The van der Waals surface area contributed by atoms with Gasteiger partial charge >= 0.3 is 0 Å². The highest BCUT2D eigenvalue weighted by molar-refractivity contribution is 7.99. The number of hydrogen-bond acceptors (Lipinski definition) is 4. The van der Waals surface area contributed by atoms with Crippen molar-refractivity contribution in [3.05, 3.63) is 23.8 Å². The lowest BCUT2D eigenvalue weighted by Gasteiger charge is -2.12. The van der Waals surface area contributed by atoms with Crippen LogP contribution in [0, 0.1) is 6.92 Å². The SMILES string of the molecule is CSC(C)CNS(=O)(=O)c1ccc(C)cc1N. The van der Waals surface area contributed by atoms with E-state index in [-0.39, 0.29) is 15.8 Å². The first-order valence-corrected chi connectivity index (χ1v) is 8.02. The third-order valence-corrected chi connectivity index (χ3v) is 4.89. The lowest BCUT2D eigenvalue weighted by atomic mass is 10.2. The van der Waals surface area contributed by atoms with E-state index < -0.39 is 10.0 Å². The number of rotatable bonds is 5. The quantitative estimate of drug-likeness (QED) is 0.800. The van der Waals surface area contributed by atoms with Gasteiger partial charge in [0.25, 0.3) is 0 Å². The van der Waals surface area contributed by atoms with Gasteiger partial charge in [0.1, 0.15) is 4.90 Å². The third kappa shape index (κ3) is 3.90. The van der Waals surface area contributed by atoms with Crippen molar-refractivity contribution in [1.82, 2.24) is 4.72 Å². The summed E-state index contributed by atoms with van der Waals surface area (Å²) in [5, 5.41) is 0.233. The van der Waals surface area contributed by atoms with Gasteiger partial charge in [0.05, 0.1) is 5.69 Å². The van der Waals surface area contributed by atoms with Gasteiger partial charge in [-0.3, -0.25) is 0 Å². The Balaban J connectivity index is 2.90. The fraction of sp³-hybridized carbons (Fsp3) is 0.455. The molecule has 0 saturated carbocycles. The highest BCUT2D eigenvalue weighted by Gasteiger charge is 2.17.